The average molecular weight is 183 g/mol. The number of hydrogen-bond acceptors (Lipinski definition) is 2. The molecule has 2 heteroatoms. The van der Waals surface area contributed by atoms with Gasteiger partial charge in [-0.05, 0) is 44.6 Å². The second kappa shape index (κ2) is 3.97. The third kappa shape index (κ3) is 2.05. The third-order valence-electron chi connectivity index (χ3n) is 3.74. The predicted octanol–water partition coefficient (Wildman–Crippen LogP) is 1.54. The summed E-state index contributed by atoms with van der Waals surface area (Å²) < 4.78 is 0. The van der Waals surface area contributed by atoms with Gasteiger partial charge < -0.3 is 10.4 Å². The maximum absolute atomic E-state index is 9.91. The normalized spacial score (nSPS) is 46.6. The van der Waals surface area contributed by atoms with E-state index in [0.717, 1.165) is 18.9 Å². The molecule has 13 heavy (non-hydrogen) atoms. The van der Waals surface area contributed by atoms with Crippen LogP contribution in [0.3, 0.4) is 0 Å². The topological polar surface area (TPSA) is 32.3 Å². The van der Waals surface area contributed by atoms with Crippen LogP contribution in [0.4, 0.5) is 0 Å². The fraction of sp³-hybridized carbons (Fsp3) is 1.00. The molecule has 1 aliphatic heterocycles. The minimum Gasteiger partial charge on any atom is -0.393 e. The highest BCUT2D eigenvalue weighted by Gasteiger charge is 2.34. The van der Waals surface area contributed by atoms with Crippen molar-refractivity contribution in [2.24, 2.45) is 11.8 Å². The Labute approximate surface area is 80.7 Å². The zero-order valence-electron chi connectivity index (χ0n) is 8.50. The Bertz CT molecular complexity index is 165. The number of aliphatic hydroxyl groups excluding tert-OH is 1. The molecular formula is C11H21NO. The van der Waals surface area contributed by atoms with Gasteiger partial charge in [-0.2, -0.15) is 0 Å². The minimum atomic E-state index is -0.0354. The van der Waals surface area contributed by atoms with Crippen LogP contribution in [0, 0.1) is 11.8 Å². The smallest absolute Gasteiger partial charge is 0.0583 e. The number of hydrogen-bond donors (Lipinski definition) is 2. The molecule has 76 valence electrons. The molecule has 0 aromatic rings. The van der Waals surface area contributed by atoms with Gasteiger partial charge in [-0.25, -0.2) is 0 Å². The molecule has 2 fully saturated rings. The molecule has 2 rings (SSSR count). The molecule has 2 nitrogen and oxygen atoms in total. The summed E-state index contributed by atoms with van der Waals surface area (Å²) >= 11 is 0. The fourth-order valence-corrected chi connectivity index (χ4v) is 2.92. The van der Waals surface area contributed by atoms with Gasteiger partial charge in [0.15, 0.2) is 0 Å². The average Bonchev–Trinajstić information content (AvgIpc) is 2.61. The minimum absolute atomic E-state index is 0.0354. The first kappa shape index (κ1) is 9.47. The molecular weight excluding hydrogens is 162 g/mol. The van der Waals surface area contributed by atoms with E-state index in [1.54, 1.807) is 0 Å². The van der Waals surface area contributed by atoms with Gasteiger partial charge in [-0.3, -0.25) is 0 Å². The van der Waals surface area contributed by atoms with E-state index in [2.05, 4.69) is 12.2 Å². The molecule has 0 aromatic carbocycles. The van der Waals surface area contributed by atoms with Crippen LogP contribution in [0.2, 0.25) is 0 Å². The largest absolute Gasteiger partial charge is 0.393 e. The van der Waals surface area contributed by atoms with Crippen LogP contribution in [0.15, 0.2) is 0 Å². The van der Waals surface area contributed by atoms with Gasteiger partial charge in [0.05, 0.1) is 6.10 Å². The van der Waals surface area contributed by atoms with Crippen LogP contribution in [0.25, 0.3) is 0 Å². The quantitative estimate of drug-likeness (QED) is 0.646. The zero-order valence-corrected chi connectivity index (χ0v) is 8.50. The molecule has 0 unspecified atom stereocenters. The summed E-state index contributed by atoms with van der Waals surface area (Å²) in [5, 5.41) is 13.4. The van der Waals surface area contributed by atoms with Gasteiger partial charge in [0.2, 0.25) is 0 Å². The number of rotatable bonds is 1. The van der Waals surface area contributed by atoms with Crippen molar-refractivity contribution in [2.75, 3.05) is 6.54 Å². The van der Waals surface area contributed by atoms with E-state index in [9.17, 15) is 5.11 Å². The lowest BCUT2D eigenvalue weighted by molar-refractivity contribution is 0.0348. The van der Waals surface area contributed by atoms with Crippen LogP contribution < -0.4 is 5.32 Å². The molecule has 0 amide bonds. The maximum Gasteiger partial charge on any atom is 0.0583 e. The molecule has 2 N–H and O–H groups in total. The van der Waals surface area contributed by atoms with Crippen molar-refractivity contribution in [3.8, 4) is 0 Å². The Morgan fingerprint density at radius 2 is 2.08 bits per heavy atom. The van der Waals surface area contributed by atoms with E-state index in [-0.39, 0.29) is 6.10 Å². The van der Waals surface area contributed by atoms with Gasteiger partial charge in [0, 0.05) is 12.0 Å². The van der Waals surface area contributed by atoms with E-state index in [4.69, 9.17) is 0 Å². The van der Waals surface area contributed by atoms with Gasteiger partial charge in [0.25, 0.3) is 0 Å². The van der Waals surface area contributed by atoms with Gasteiger partial charge in [-0.15, -0.1) is 0 Å². The Morgan fingerprint density at radius 1 is 1.23 bits per heavy atom. The van der Waals surface area contributed by atoms with Crippen LogP contribution in [0.1, 0.15) is 39.0 Å². The molecule has 1 saturated heterocycles. The molecule has 4 atom stereocenters. The van der Waals surface area contributed by atoms with Crippen molar-refractivity contribution < 1.29 is 5.11 Å². The third-order valence-corrected chi connectivity index (χ3v) is 3.74. The molecule has 1 aliphatic carbocycles. The first-order valence-electron chi connectivity index (χ1n) is 5.69. The Kier molecular flexibility index (Phi) is 2.89. The van der Waals surface area contributed by atoms with Gasteiger partial charge >= 0.3 is 0 Å². The van der Waals surface area contributed by atoms with Crippen LogP contribution in [-0.2, 0) is 0 Å². The van der Waals surface area contributed by atoms with Crippen LogP contribution in [0.5, 0.6) is 0 Å². The Hall–Kier alpha value is -0.0800. The van der Waals surface area contributed by atoms with Crippen molar-refractivity contribution in [1.29, 1.82) is 0 Å². The molecule has 0 radical (unpaired) electrons. The monoisotopic (exact) mass is 183 g/mol. The first-order valence-corrected chi connectivity index (χ1v) is 5.69. The Balaban J connectivity index is 1.94. The summed E-state index contributed by atoms with van der Waals surface area (Å²) in [6.07, 6.45) is 5.98. The lowest BCUT2D eigenvalue weighted by Crippen LogP contribution is -2.41. The molecule has 1 saturated carbocycles. The molecule has 0 bridgehead atoms. The molecule has 0 spiro atoms. The highest BCUT2D eigenvalue weighted by molar-refractivity contribution is 4.89. The van der Waals surface area contributed by atoms with E-state index >= 15 is 0 Å². The van der Waals surface area contributed by atoms with Gasteiger partial charge in [0.1, 0.15) is 0 Å². The van der Waals surface area contributed by atoms with E-state index in [1.165, 1.54) is 25.7 Å². The summed E-state index contributed by atoms with van der Waals surface area (Å²) in [6, 6.07) is 0.609. The van der Waals surface area contributed by atoms with Crippen LogP contribution in [-0.4, -0.2) is 23.8 Å². The summed E-state index contributed by atoms with van der Waals surface area (Å²) in [6.45, 7) is 3.47. The standard InChI is InChI=1S/C11H21NO/c1-8-4-5-11(13)9(7-8)10-3-2-6-12-10/h8-13H,2-7H2,1H3/t8-,9+,10-,11+/m1/s1. The number of aliphatic hydroxyl groups is 1. The van der Waals surface area contributed by atoms with Crippen molar-refractivity contribution in [3.63, 3.8) is 0 Å². The maximum atomic E-state index is 9.91. The first-order chi connectivity index (χ1) is 6.27. The van der Waals surface area contributed by atoms with Crippen molar-refractivity contribution in [1.82, 2.24) is 5.32 Å². The summed E-state index contributed by atoms with van der Waals surface area (Å²) in [7, 11) is 0. The predicted molar refractivity (Wildman–Crippen MR) is 53.5 cm³/mol. The summed E-state index contributed by atoms with van der Waals surface area (Å²) in [4.78, 5) is 0. The Morgan fingerprint density at radius 3 is 2.77 bits per heavy atom. The SMILES string of the molecule is C[C@@H]1CC[C@H](O)[C@H]([C@H]2CCCN2)C1. The fourth-order valence-electron chi connectivity index (χ4n) is 2.92. The van der Waals surface area contributed by atoms with E-state index < -0.39 is 0 Å². The van der Waals surface area contributed by atoms with Crippen molar-refractivity contribution in [3.05, 3.63) is 0 Å². The van der Waals surface area contributed by atoms with Crippen molar-refractivity contribution in [2.45, 2.75) is 51.2 Å². The summed E-state index contributed by atoms with van der Waals surface area (Å²) in [5.41, 5.74) is 0. The molecule has 1 heterocycles. The number of nitrogens with one attached hydrogen (secondary N) is 1. The lowest BCUT2D eigenvalue weighted by atomic mass is 9.76. The van der Waals surface area contributed by atoms with Gasteiger partial charge in [-0.1, -0.05) is 6.92 Å². The zero-order chi connectivity index (χ0) is 9.26. The van der Waals surface area contributed by atoms with Crippen LogP contribution >= 0.6 is 0 Å². The molecule has 0 aromatic heterocycles. The second-order valence-electron chi connectivity index (χ2n) is 4.85. The lowest BCUT2D eigenvalue weighted by Gasteiger charge is -2.35. The molecule has 2 aliphatic rings. The van der Waals surface area contributed by atoms with Crippen molar-refractivity contribution >= 4 is 0 Å². The second-order valence-corrected chi connectivity index (χ2v) is 4.85. The highest BCUT2D eigenvalue weighted by Crippen LogP contribution is 2.33. The van der Waals surface area contributed by atoms with E-state index in [0.29, 0.717) is 12.0 Å². The highest BCUT2D eigenvalue weighted by atomic mass is 16.3. The van der Waals surface area contributed by atoms with E-state index in [1.807, 2.05) is 0 Å². The summed E-state index contributed by atoms with van der Waals surface area (Å²) in [5.74, 6) is 1.35.